The zero-order valence-corrected chi connectivity index (χ0v) is 13.7. The Morgan fingerprint density at radius 1 is 1.25 bits per heavy atom. The van der Waals surface area contributed by atoms with Crippen LogP contribution < -0.4 is 15.2 Å². The summed E-state index contributed by atoms with van der Waals surface area (Å²) in [5, 5.41) is 0. The second-order valence-corrected chi connectivity index (χ2v) is 6.23. The number of rotatable bonds is 6. The fraction of sp³-hybridized carbons (Fsp3) is 0.571. The number of sulfone groups is 1. The summed E-state index contributed by atoms with van der Waals surface area (Å²) in [7, 11) is -1.56. The lowest BCUT2D eigenvalue weighted by Crippen LogP contribution is -2.20. The van der Waals surface area contributed by atoms with Gasteiger partial charge in [0.1, 0.15) is 9.84 Å². The number of benzene rings is 1. The Hall–Kier alpha value is -1.27. The third kappa shape index (κ3) is 6.25. The highest BCUT2D eigenvalue weighted by Crippen LogP contribution is 2.30. The van der Waals surface area contributed by atoms with Crippen molar-refractivity contribution in [3.05, 3.63) is 23.8 Å². The highest BCUT2D eigenvalue weighted by molar-refractivity contribution is 7.90. The summed E-state index contributed by atoms with van der Waals surface area (Å²) in [6, 6.07) is 4.63. The molecule has 0 fully saturated rings. The zero-order chi connectivity index (χ0) is 15.8. The molecule has 0 aromatic heterocycles. The predicted octanol–water partition coefficient (Wildman–Crippen LogP) is 2.16. The molecule has 0 aliphatic rings. The minimum atomic E-state index is -3.11. The third-order valence-electron chi connectivity index (χ3n) is 2.40. The molecule has 0 aliphatic carbocycles. The van der Waals surface area contributed by atoms with Crippen molar-refractivity contribution in [1.82, 2.24) is 0 Å². The first-order chi connectivity index (χ1) is 9.37. The average Bonchev–Trinajstić information content (AvgIpc) is 2.39. The van der Waals surface area contributed by atoms with E-state index in [2.05, 4.69) is 0 Å². The van der Waals surface area contributed by atoms with Gasteiger partial charge in [-0.2, -0.15) is 0 Å². The maximum Gasteiger partial charge on any atom is 0.161 e. The molecule has 1 aromatic rings. The van der Waals surface area contributed by atoms with Crippen LogP contribution in [0.2, 0.25) is 0 Å². The number of nitrogens with two attached hydrogens (primary N) is 1. The Labute approximate surface area is 122 Å². The molecule has 20 heavy (non-hydrogen) atoms. The molecule has 0 bridgehead atoms. The van der Waals surface area contributed by atoms with Gasteiger partial charge in [0.25, 0.3) is 0 Å². The van der Waals surface area contributed by atoms with E-state index in [1.54, 1.807) is 25.3 Å². The summed E-state index contributed by atoms with van der Waals surface area (Å²) in [6.45, 7) is 6.36. The average molecular weight is 303 g/mol. The van der Waals surface area contributed by atoms with Gasteiger partial charge in [0.2, 0.25) is 0 Å². The Balaban J connectivity index is 0.00000172. The van der Waals surface area contributed by atoms with Crippen LogP contribution in [-0.2, 0) is 9.84 Å². The summed E-state index contributed by atoms with van der Waals surface area (Å²) in [5.74, 6) is 1.08. The van der Waals surface area contributed by atoms with Crippen LogP contribution in [0.25, 0.3) is 0 Å². The Kier molecular flexibility index (Phi) is 8.25. The minimum absolute atomic E-state index is 0.0924. The van der Waals surface area contributed by atoms with Crippen molar-refractivity contribution in [3.8, 4) is 11.5 Å². The van der Waals surface area contributed by atoms with Gasteiger partial charge in [-0.1, -0.05) is 19.9 Å². The molecular weight excluding hydrogens is 278 g/mol. The molecular formula is C14H25NO4S. The monoisotopic (exact) mass is 303 g/mol. The van der Waals surface area contributed by atoms with E-state index < -0.39 is 15.9 Å². The zero-order valence-electron chi connectivity index (χ0n) is 12.8. The van der Waals surface area contributed by atoms with Crippen LogP contribution in [0.5, 0.6) is 11.5 Å². The third-order valence-corrected chi connectivity index (χ3v) is 3.36. The van der Waals surface area contributed by atoms with E-state index in [0.717, 1.165) is 0 Å². The summed E-state index contributed by atoms with van der Waals surface area (Å²) in [5.41, 5.74) is 6.57. The van der Waals surface area contributed by atoms with Crippen molar-refractivity contribution in [1.29, 1.82) is 0 Å². The quantitative estimate of drug-likeness (QED) is 0.871. The van der Waals surface area contributed by atoms with Crippen molar-refractivity contribution in [2.75, 3.05) is 25.7 Å². The van der Waals surface area contributed by atoms with Gasteiger partial charge in [-0.25, -0.2) is 8.42 Å². The predicted molar refractivity (Wildman–Crippen MR) is 82.2 cm³/mol. The van der Waals surface area contributed by atoms with E-state index in [1.807, 2.05) is 20.8 Å². The van der Waals surface area contributed by atoms with Crippen molar-refractivity contribution >= 4 is 9.84 Å². The molecule has 116 valence electrons. The second-order valence-electron chi connectivity index (χ2n) is 4.04. The normalized spacial score (nSPS) is 12.1. The Bertz CT molecular complexity index is 500. The smallest absolute Gasteiger partial charge is 0.161 e. The van der Waals surface area contributed by atoms with Crippen molar-refractivity contribution in [3.63, 3.8) is 0 Å². The fourth-order valence-corrected chi connectivity index (χ4v) is 2.46. The lowest BCUT2D eigenvalue weighted by molar-refractivity contribution is 0.310. The van der Waals surface area contributed by atoms with Crippen LogP contribution in [0.1, 0.15) is 32.4 Å². The largest absolute Gasteiger partial charge is 0.493 e. The Morgan fingerprint density at radius 2 is 1.85 bits per heavy atom. The lowest BCUT2D eigenvalue weighted by atomic mass is 10.1. The summed E-state index contributed by atoms with van der Waals surface area (Å²) < 4.78 is 33.0. The first-order valence-electron chi connectivity index (χ1n) is 6.61. The maximum absolute atomic E-state index is 11.2. The van der Waals surface area contributed by atoms with Gasteiger partial charge in [0.05, 0.1) is 19.5 Å². The molecule has 1 aromatic carbocycles. The second kappa shape index (κ2) is 8.81. The fourth-order valence-electron chi connectivity index (χ4n) is 1.61. The topological polar surface area (TPSA) is 78.6 Å². The van der Waals surface area contributed by atoms with Gasteiger partial charge in [-0.3, -0.25) is 0 Å². The highest BCUT2D eigenvalue weighted by Gasteiger charge is 2.15. The summed E-state index contributed by atoms with van der Waals surface area (Å²) in [4.78, 5) is 0. The number of methoxy groups -OCH3 is 1. The van der Waals surface area contributed by atoms with E-state index in [1.165, 1.54) is 6.26 Å². The molecule has 1 rings (SSSR count). The van der Waals surface area contributed by atoms with Crippen molar-refractivity contribution in [2.45, 2.75) is 26.8 Å². The van der Waals surface area contributed by atoms with E-state index in [9.17, 15) is 8.42 Å². The highest BCUT2D eigenvalue weighted by atomic mass is 32.2. The van der Waals surface area contributed by atoms with Crippen LogP contribution in [0, 0.1) is 0 Å². The molecule has 0 aliphatic heterocycles. The van der Waals surface area contributed by atoms with Crippen LogP contribution in [0.3, 0.4) is 0 Å². The van der Waals surface area contributed by atoms with E-state index >= 15 is 0 Å². The SMILES string of the molecule is CC.CCOc1cc(C(N)CS(C)(=O)=O)ccc1OC. The van der Waals surface area contributed by atoms with Gasteiger partial charge in [0.15, 0.2) is 11.5 Å². The molecule has 6 heteroatoms. The lowest BCUT2D eigenvalue weighted by Gasteiger charge is -2.15. The molecule has 0 spiro atoms. The molecule has 2 N–H and O–H groups in total. The number of hydrogen-bond donors (Lipinski definition) is 1. The van der Waals surface area contributed by atoms with E-state index in [4.69, 9.17) is 15.2 Å². The summed E-state index contributed by atoms with van der Waals surface area (Å²) >= 11 is 0. The van der Waals surface area contributed by atoms with Crippen molar-refractivity contribution < 1.29 is 17.9 Å². The van der Waals surface area contributed by atoms with Crippen LogP contribution in [0.15, 0.2) is 18.2 Å². The molecule has 0 radical (unpaired) electrons. The molecule has 0 amide bonds. The molecule has 1 unspecified atom stereocenters. The van der Waals surface area contributed by atoms with Gasteiger partial charge in [-0.15, -0.1) is 0 Å². The van der Waals surface area contributed by atoms with Crippen molar-refractivity contribution in [2.24, 2.45) is 5.73 Å². The number of ether oxygens (including phenoxy) is 2. The van der Waals surface area contributed by atoms with Crippen LogP contribution >= 0.6 is 0 Å². The van der Waals surface area contributed by atoms with Gasteiger partial charge >= 0.3 is 0 Å². The van der Waals surface area contributed by atoms with Gasteiger partial charge < -0.3 is 15.2 Å². The molecule has 0 saturated heterocycles. The minimum Gasteiger partial charge on any atom is -0.493 e. The molecule has 1 atom stereocenters. The van der Waals surface area contributed by atoms with Crippen LogP contribution in [-0.4, -0.2) is 34.1 Å². The molecule has 5 nitrogen and oxygen atoms in total. The molecule has 0 heterocycles. The standard InChI is InChI=1S/C12H19NO4S.C2H6/c1-4-17-12-7-9(5-6-11(12)16-2)10(13)8-18(3,14)15;1-2/h5-7,10H,4,8,13H2,1-3H3;1-2H3. The maximum atomic E-state index is 11.2. The van der Waals surface area contributed by atoms with Gasteiger partial charge in [0, 0.05) is 12.3 Å². The first-order valence-corrected chi connectivity index (χ1v) is 8.67. The summed E-state index contributed by atoms with van der Waals surface area (Å²) in [6.07, 6.45) is 1.17. The first kappa shape index (κ1) is 18.7. The van der Waals surface area contributed by atoms with Crippen LogP contribution in [0.4, 0.5) is 0 Å². The van der Waals surface area contributed by atoms with E-state index in [-0.39, 0.29) is 5.75 Å². The Morgan fingerprint density at radius 3 is 2.30 bits per heavy atom. The van der Waals surface area contributed by atoms with E-state index in [0.29, 0.717) is 23.7 Å². The van der Waals surface area contributed by atoms with Gasteiger partial charge in [-0.05, 0) is 24.6 Å². The molecule has 0 saturated carbocycles. The number of hydrogen-bond acceptors (Lipinski definition) is 5.